The summed E-state index contributed by atoms with van der Waals surface area (Å²) < 4.78 is 0. The minimum absolute atomic E-state index is 0.0468. The highest BCUT2D eigenvalue weighted by Crippen LogP contribution is 2.30. The summed E-state index contributed by atoms with van der Waals surface area (Å²) in [6.45, 7) is 2.03. The molecule has 1 saturated heterocycles. The number of nitrogens with zero attached hydrogens (tertiary/aromatic N) is 3. The highest BCUT2D eigenvalue weighted by Gasteiger charge is 2.24. The number of amides is 2. The Morgan fingerprint density at radius 1 is 0.970 bits per heavy atom. The van der Waals surface area contributed by atoms with Gasteiger partial charge in [-0.2, -0.15) is 0 Å². The van der Waals surface area contributed by atoms with Crippen LogP contribution in [0.2, 0.25) is 0 Å². The molecule has 3 aromatic carbocycles. The average Bonchev–Trinajstić information content (AvgIpc) is 3.31. The fourth-order valence-corrected chi connectivity index (χ4v) is 4.06. The second-order valence-corrected chi connectivity index (χ2v) is 8.33. The van der Waals surface area contributed by atoms with Crippen molar-refractivity contribution in [3.63, 3.8) is 0 Å². The van der Waals surface area contributed by atoms with Gasteiger partial charge < -0.3 is 20.4 Å². The SMILES string of the molecule is CN(C)C1CCN(c2ccc(NC(=O)Nc3ccc(-c4ccccc4[N+](=O)[O-])cc3)cc2)C1. The third kappa shape index (κ3) is 5.30. The molecule has 8 nitrogen and oxygen atoms in total. The van der Waals surface area contributed by atoms with E-state index < -0.39 is 4.92 Å². The Morgan fingerprint density at radius 3 is 2.15 bits per heavy atom. The van der Waals surface area contributed by atoms with Gasteiger partial charge in [0.1, 0.15) is 0 Å². The number of benzene rings is 3. The van der Waals surface area contributed by atoms with Crippen molar-refractivity contribution >= 4 is 28.8 Å². The molecule has 1 atom stereocenters. The van der Waals surface area contributed by atoms with Gasteiger partial charge in [-0.25, -0.2) is 4.79 Å². The lowest BCUT2D eigenvalue weighted by Gasteiger charge is -2.22. The van der Waals surface area contributed by atoms with Crippen LogP contribution in [-0.4, -0.2) is 49.1 Å². The Hall–Kier alpha value is -3.91. The molecule has 1 fully saturated rings. The summed E-state index contributed by atoms with van der Waals surface area (Å²) in [6, 6.07) is 21.6. The molecule has 3 aromatic rings. The van der Waals surface area contributed by atoms with Crippen LogP contribution < -0.4 is 15.5 Å². The number of anilines is 3. The van der Waals surface area contributed by atoms with Crippen LogP contribution >= 0.6 is 0 Å². The summed E-state index contributed by atoms with van der Waals surface area (Å²) in [4.78, 5) is 27.9. The van der Waals surface area contributed by atoms with Gasteiger partial charge in [0.25, 0.3) is 5.69 Å². The van der Waals surface area contributed by atoms with E-state index >= 15 is 0 Å². The van der Waals surface area contributed by atoms with E-state index in [1.165, 1.54) is 6.07 Å². The van der Waals surface area contributed by atoms with Crippen LogP contribution in [-0.2, 0) is 0 Å². The maximum Gasteiger partial charge on any atom is 0.323 e. The smallest absolute Gasteiger partial charge is 0.323 e. The first kappa shape index (κ1) is 22.3. The van der Waals surface area contributed by atoms with Gasteiger partial charge in [0.15, 0.2) is 0 Å². The monoisotopic (exact) mass is 445 g/mol. The zero-order valence-electron chi connectivity index (χ0n) is 18.7. The molecular formula is C25H27N5O3. The maximum atomic E-state index is 12.4. The summed E-state index contributed by atoms with van der Waals surface area (Å²) in [6.07, 6.45) is 1.14. The van der Waals surface area contributed by atoms with E-state index in [0.29, 0.717) is 28.5 Å². The second kappa shape index (κ2) is 9.70. The quantitative estimate of drug-likeness (QED) is 0.409. The molecule has 2 N–H and O–H groups in total. The van der Waals surface area contributed by atoms with Crippen LogP contribution in [0.4, 0.5) is 27.5 Å². The fraction of sp³-hybridized carbons (Fsp3) is 0.240. The van der Waals surface area contributed by atoms with Gasteiger partial charge in [-0.3, -0.25) is 10.1 Å². The number of nitrogens with one attached hydrogen (secondary N) is 2. The number of hydrogen-bond donors (Lipinski definition) is 2. The van der Waals surface area contributed by atoms with E-state index in [2.05, 4.69) is 34.5 Å². The van der Waals surface area contributed by atoms with Crippen LogP contribution in [0.1, 0.15) is 6.42 Å². The Labute approximate surface area is 193 Å². The number of para-hydroxylation sites is 1. The summed E-state index contributed by atoms with van der Waals surface area (Å²) in [5.41, 5.74) is 3.74. The number of likely N-dealkylation sites (N-methyl/N-ethyl adjacent to an activating group) is 1. The Kier molecular flexibility index (Phi) is 6.55. The summed E-state index contributed by atoms with van der Waals surface area (Å²) >= 11 is 0. The van der Waals surface area contributed by atoms with Crippen LogP contribution in [0, 0.1) is 10.1 Å². The molecule has 170 valence electrons. The average molecular weight is 446 g/mol. The van der Waals surface area contributed by atoms with Gasteiger partial charge in [0.05, 0.1) is 10.5 Å². The number of urea groups is 1. The largest absolute Gasteiger partial charge is 0.370 e. The molecular weight excluding hydrogens is 418 g/mol. The van der Waals surface area contributed by atoms with Crippen molar-refractivity contribution in [2.75, 3.05) is 42.7 Å². The fourth-order valence-electron chi connectivity index (χ4n) is 4.06. The normalized spacial score (nSPS) is 15.5. The van der Waals surface area contributed by atoms with E-state index in [4.69, 9.17) is 0 Å². The number of nitro groups is 1. The van der Waals surface area contributed by atoms with Crippen molar-refractivity contribution < 1.29 is 9.72 Å². The molecule has 1 heterocycles. The van der Waals surface area contributed by atoms with Gasteiger partial charge in [-0.1, -0.05) is 24.3 Å². The standard InChI is InChI=1S/C25H27N5O3/c1-28(2)22-15-16-29(17-22)21-13-11-20(12-14-21)27-25(31)26-19-9-7-18(8-10-19)23-5-3-4-6-24(23)30(32)33/h3-14,22H,15-17H2,1-2H3,(H2,26,27,31). The Bertz CT molecular complexity index is 1130. The molecule has 0 aromatic heterocycles. The lowest BCUT2D eigenvalue weighted by atomic mass is 10.0. The van der Waals surface area contributed by atoms with Crippen molar-refractivity contribution in [2.24, 2.45) is 0 Å². The van der Waals surface area contributed by atoms with Gasteiger partial charge >= 0.3 is 6.03 Å². The maximum absolute atomic E-state index is 12.4. The number of rotatable bonds is 6. The van der Waals surface area contributed by atoms with Crippen LogP contribution in [0.5, 0.6) is 0 Å². The van der Waals surface area contributed by atoms with E-state index in [1.54, 1.807) is 42.5 Å². The molecule has 0 saturated carbocycles. The van der Waals surface area contributed by atoms with Gasteiger partial charge in [-0.15, -0.1) is 0 Å². The van der Waals surface area contributed by atoms with Crippen molar-refractivity contribution in [3.8, 4) is 11.1 Å². The molecule has 1 unspecified atom stereocenters. The minimum Gasteiger partial charge on any atom is -0.370 e. The predicted molar refractivity (Wildman–Crippen MR) is 132 cm³/mol. The molecule has 0 aliphatic carbocycles. The van der Waals surface area contributed by atoms with Crippen LogP contribution in [0.25, 0.3) is 11.1 Å². The van der Waals surface area contributed by atoms with Crippen molar-refractivity contribution in [1.82, 2.24) is 4.90 Å². The molecule has 1 aliphatic heterocycles. The molecule has 0 radical (unpaired) electrons. The molecule has 8 heteroatoms. The number of carbonyl (C=O) groups is 1. The van der Waals surface area contributed by atoms with Crippen LogP contribution in [0.3, 0.4) is 0 Å². The lowest BCUT2D eigenvalue weighted by molar-refractivity contribution is -0.384. The predicted octanol–water partition coefficient (Wildman–Crippen LogP) is 5.05. The molecule has 33 heavy (non-hydrogen) atoms. The van der Waals surface area contributed by atoms with Crippen molar-refractivity contribution in [2.45, 2.75) is 12.5 Å². The van der Waals surface area contributed by atoms with E-state index in [0.717, 1.165) is 25.2 Å². The molecule has 1 aliphatic rings. The summed E-state index contributed by atoms with van der Waals surface area (Å²) in [5.74, 6) is 0. The third-order valence-electron chi connectivity index (χ3n) is 5.94. The first-order chi connectivity index (χ1) is 15.9. The highest BCUT2D eigenvalue weighted by atomic mass is 16.6. The highest BCUT2D eigenvalue weighted by molar-refractivity contribution is 6.00. The zero-order valence-corrected chi connectivity index (χ0v) is 18.7. The molecule has 2 amide bonds. The second-order valence-electron chi connectivity index (χ2n) is 8.33. The first-order valence-corrected chi connectivity index (χ1v) is 10.8. The minimum atomic E-state index is -0.398. The van der Waals surface area contributed by atoms with Crippen molar-refractivity contribution in [3.05, 3.63) is 82.9 Å². The molecule has 0 bridgehead atoms. The summed E-state index contributed by atoms with van der Waals surface area (Å²) in [7, 11) is 4.22. The van der Waals surface area contributed by atoms with E-state index in [1.807, 2.05) is 24.3 Å². The third-order valence-corrected chi connectivity index (χ3v) is 5.94. The van der Waals surface area contributed by atoms with Crippen molar-refractivity contribution in [1.29, 1.82) is 0 Å². The zero-order chi connectivity index (χ0) is 23.4. The van der Waals surface area contributed by atoms with E-state index in [9.17, 15) is 14.9 Å². The van der Waals surface area contributed by atoms with Crippen LogP contribution in [0.15, 0.2) is 72.8 Å². The Balaban J connectivity index is 1.35. The topological polar surface area (TPSA) is 90.8 Å². The number of hydrogen-bond acceptors (Lipinski definition) is 5. The van der Waals surface area contributed by atoms with Gasteiger partial charge in [0, 0.05) is 42.3 Å². The lowest BCUT2D eigenvalue weighted by Crippen LogP contribution is -2.31. The Morgan fingerprint density at radius 2 is 1.58 bits per heavy atom. The van der Waals surface area contributed by atoms with Gasteiger partial charge in [0.2, 0.25) is 0 Å². The molecule has 0 spiro atoms. The van der Waals surface area contributed by atoms with E-state index in [-0.39, 0.29) is 11.7 Å². The summed E-state index contributed by atoms with van der Waals surface area (Å²) in [5, 5.41) is 16.9. The first-order valence-electron chi connectivity index (χ1n) is 10.8. The molecule has 4 rings (SSSR count). The van der Waals surface area contributed by atoms with Gasteiger partial charge in [-0.05, 0) is 68.5 Å². The number of carbonyl (C=O) groups excluding carboxylic acids is 1. The number of nitro benzene ring substituents is 1.